The van der Waals surface area contributed by atoms with Crippen LogP contribution in [0.1, 0.15) is 36.8 Å². The average Bonchev–Trinajstić information content (AvgIpc) is 2.39. The maximum atomic E-state index is 12.7. The van der Waals surface area contributed by atoms with E-state index in [2.05, 4.69) is 0 Å². The minimum Gasteiger partial charge on any atom is -0.396 e. The lowest BCUT2D eigenvalue weighted by molar-refractivity contribution is -0.137. The molecule has 1 aliphatic carbocycles. The van der Waals surface area contributed by atoms with Gasteiger partial charge in [-0.05, 0) is 43.9 Å². The minimum atomic E-state index is -4.45. The first-order chi connectivity index (χ1) is 9.97. The lowest BCUT2D eigenvalue weighted by atomic mass is 9.90. The second-order valence-electron chi connectivity index (χ2n) is 5.20. The van der Waals surface area contributed by atoms with Gasteiger partial charge in [-0.15, -0.1) is 0 Å². The zero-order chi connectivity index (χ0) is 15.5. The molecular weight excluding hydrogens is 281 g/mol. The van der Waals surface area contributed by atoms with E-state index in [0.29, 0.717) is 18.7 Å². The Labute approximate surface area is 121 Å². The molecule has 1 aromatic carbocycles. The lowest BCUT2D eigenvalue weighted by Crippen LogP contribution is -2.41. The van der Waals surface area contributed by atoms with E-state index < -0.39 is 11.7 Å². The van der Waals surface area contributed by atoms with Crippen molar-refractivity contribution in [2.24, 2.45) is 0 Å². The third-order valence-electron chi connectivity index (χ3n) is 3.83. The van der Waals surface area contributed by atoms with Crippen molar-refractivity contribution >= 4 is 5.69 Å². The molecule has 0 bridgehead atoms. The van der Waals surface area contributed by atoms with Gasteiger partial charge in [0, 0.05) is 19.2 Å². The summed E-state index contributed by atoms with van der Waals surface area (Å²) in [6, 6.07) is 5.40. The van der Waals surface area contributed by atoms with Gasteiger partial charge in [-0.25, -0.2) is 0 Å². The quantitative estimate of drug-likeness (QED) is 0.907. The fraction of sp³-hybridized carbons (Fsp3) is 0.533. The molecule has 0 aromatic heterocycles. The van der Waals surface area contributed by atoms with Gasteiger partial charge in [0.15, 0.2) is 0 Å². The van der Waals surface area contributed by atoms with Crippen LogP contribution in [-0.4, -0.2) is 24.3 Å². The summed E-state index contributed by atoms with van der Waals surface area (Å²) < 4.78 is 38.2. The number of nitriles is 1. The highest BCUT2D eigenvalue weighted by atomic mass is 19.4. The normalized spacial score (nSPS) is 15.4. The summed E-state index contributed by atoms with van der Waals surface area (Å²) in [7, 11) is 0. The van der Waals surface area contributed by atoms with Gasteiger partial charge in [-0.1, -0.05) is 0 Å². The zero-order valence-electron chi connectivity index (χ0n) is 11.5. The monoisotopic (exact) mass is 298 g/mol. The molecule has 1 saturated carbocycles. The van der Waals surface area contributed by atoms with Crippen LogP contribution >= 0.6 is 0 Å². The summed E-state index contributed by atoms with van der Waals surface area (Å²) >= 11 is 0. The molecule has 0 atom stereocenters. The predicted octanol–water partition coefficient (Wildman–Crippen LogP) is 3.32. The van der Waals surface area contributed by atoms with Gasteiger partial charge in [0.1, 0.15) is 6.07 Å². The number of nitrogens with zero attached hydrogens (tertiary/aromatic N) is 2. The maximum Gasteiger partial charge on any atom is 0.416 e. The molecule has 2 rings (SSSR count). The molecule has 21 heavy (non-hydrogen) atoms. The molecule has 3 nitrogen and oxygen atoms in total. The Morgan fingerprint density at radius 3 is 2.52 bits per heavy atom. The summed E-state index contributed by atoms with van der Waals surface area (Å²) in [5.74, 6) is 0. The number of aliphatic hydroxyl groups is 1. The van der Waals surface area contributed by atoms with Crippen molar-refractivity contribution in [2.75, 3.05) is 18.1 Å². The van der Waals surface area contributed by atoms with Crippen LogP contribution in [0.15, 0.2) is 18.2 Å². The molecule has 1 aromatic rings. The van der Waals surface area contributed by atoms with Crippen LogP contribution in [0, 0.1) is 11.3 Å². The molecule has 1 aliphatic rings. The van der Waals surface area contributed by atoms with Crippen molar-refractivity contribution in [3.05, 3.63) is 29.3 Å². The van der Waals surface area contributed by atoms with E-state index in [1.807, 2.05) is 11.0 Å². The highest BCUT2D eigenvalue weighted by Crippen LogP contribution is 2.35. The first-order valence-electron chi connectivity index (χ1n) is 6.96. The van der Waals surface area contributed by atoms with Crippen LogP contribution in [-0.2, 0) is 6.18 Å². The summed E-state index contributed by atoms with van der Waals surface area (Å²) in [6.07, 6.45) is -0.892. The van der Waals surface area contributed by atoms with Crippen LogP contribution < -0.4 is 4.90 Å². The summed E-state index contributed by atoms with van der Waals surface area (Å²) in [5.41, 5.74) is -0.239. The number of halogens is 3. The standard InChI is InChI=1S/C15H17F3N2O/c16-15(17,18)12-5-6-14(11(9-12)10-19)20(7-2-8-21)13-3-1-4-13/h5-6,9,13,21H,1-4,7-8H2. The fourth-order valence-electron chi connectivity index (χ4n) is 2.49. The van der Waals surface area contributed by atoms with E-state index in [-0.39, 0.29) is 18.2 Å². The summed E-state index contributed by atoms with van der Waals surface area (Å²) in [4.78, 5) is 1.96. The van der Waals surface area contributed by atoms with Crippen molar-refractivity contribution in [3.63, 3.8) is 0 Å². The topological polar surface area (TPSA) is 47.3 Å². The molecule has 0 spiro atoms. The van der Waals surface area contributed by atoms with E-state index >= 15 is 0 Å². The first kappa shape index (κ1) is 15.6. The second kappa shape index (κ2) is 6.35. The molecule has 114 valence electrons. The van der Waals surface area contributed by atoms with Crippen LogP contribution in [0.4, 0.5) is 18.9 Å². The van der Waals surface area contributed by atoms with E-state index in [0.717, 1.165) is 31.4 Å². The van der Waals surface area contributed by atoms with Crippen LogP contribution in [0.3, 0.4) is 0 Å². The number of hydrogen-bond donors (Lipinski definition) is 1. The van der Waals surface area contributed by atoms with E-state index in [4.69, 9.17) is 10.4 Å². The van der Waals surface area contributed by atoms with Crippen molar-refractivity contribution in [3.8, 4) is 6.07 Å². The van der Waals surface area contributed by atoms with Crippen molar-refractivity contribution < 1.29 is 18.3 Å². The minimum absolute atomic E-state index is 0.0196. The molecule has 0 saturated heterocycles. The van der Waals surface area contributed by atoms with E-state index in [1.165, 1.54) is 6.07 Å². The third-order valence-corrected chi connectivity index (χ3v) is 3.83. The van der Waals surface area contributed by atoms with Gasteiger partial charge < -0.3 is 10.0 Å². The molecule has 0 heterocycles. The predicted molar refractivity (Wildman–Crippen MR) is 72.8 cm³/mol. The molecule has 0 aliphatic heterocycles. The highest BCUT2D eigenvalue weighted by molar-refractivity contribution is 5.61. The Hall–Kier alpha value is -1.74. The molecule has 0 unspecified atom stereocenters. The highest BCUT2D eigenvalue weighted by Gasteiger charge is 2.32. The van der Waals surface area contributed by atoms with Crippen LogP contribution in [0.25, 0.3) is 0 Å². The summed E-state index contributed by atoms with van der Waals surface area (Å²) in [5, 5.41) is 18.1. The van der Waals surface area contributed by atoms with E-state index in [1.54, 1.807) is 0 Å². The SMILES string of the molecule is N#Cc1cc(C(F)(F)F)ccc1N(CCCO)C1CCC1. The number of alkyl halides is 3. The number of anilines is 1. The number of aliphatic hydroxyl groups excluding tert-OH is 1. The maximum absolute atomic E-state index is 12.7. The van der Waals surface area contributed by atoms with E-state index in [9.17, 15) is 13.2 Å². The van der Waals surface area contributed by atoms with Gasteiger partial charge in [-0.3, -0.25) is 0 Å². The van der Waals surface area contributed by atoms with Crippen molar-refractivity contribution in [2.45, 2.75) is 37.9 Å². The molecule has 0 amide bonds. The van der Waals surface area contributed by atoms with Crippen molar-refractivity contribution in [1.82, 2.24) is 0 Å². The van der Waals surface area contributed by atoms with Crippen LogP contribution in [0.5, 0.6) is 0 Å². The first-order valence-corrected chi connectivity index (χ1v) is 6.96. The number of rotatable bonds is 5. The van der Waals surface area contributed by atoms with Gasteiger partial charge in [0.25, 0.3) is 0 Å². The van der Waals surface area contributed by atoms with Gasteiger partial charge in [0.05, 0.1) is 16.8 Å². The molecule has 1 fully saturated rings. The summed E-state index contributed by atoms with van der Waals surface area (Å²) in [6.45, 7) is 0.562. The third kappa shape index (κ3) is 3.48. The molecular formula is C15H17F3N2O. The number of benzene rings is 1. The Bertz CT molecular complexity index is 533. The Morgan fingerprint density at radius 2 is 2.05 bits per heavy atom. The Balaban J connectivity index is 2.33. The van der Waals surface area contributed by atoms with Gasteiger partial charge in [-0.2, -0.15) is 18.4 Å². The van der Waals surface area contributed by atoms with Crippen molar-refractivity contribution in [1.29, 1.82) is 5.26 Å². The molecule has 1 N–H and O–H groups in total. The molecule has 6 heteroatoms. The second-order valence-corrected chi connectivity index (χ2v) is 5.20. The molecule has 0 radical (unpaired) electrons. The largest absolute Gasteiger partial charge is 0.416 e. The Morgan fingerprint density at radius 1 is 1.33 bits per heavy atom. The van der Waals surface area contributed by atoms with Crippen LogP contribution in [0.2, 0.25) is 0 Å². The Kier molecular flexibility index (Phi) is 4.73. The average molecular weight is 298 g/mol. The lowest BCUT2D eigenvalue weighted by Gasteiger charge is -2.39. The van der Waals surface area contributed by atoms with Gasteiger partial charge >= 0.3 is 6.18 Å². The van der Waals surface area contributed by atoms with Gasteiger partial charge in [0.2, 0.25) is 0 Å². The fourth-order valence-corrected chi connectivity index (χ4v) is 2.49. The smallest absolute Gasteiger partial charge is 0.396 e. The number of hydrogen-bond acceptors (Lipinski definition) is 3. The zero-order valence-corrected chi connectivity index (χ0v) is 11.5.